The molecule has 126 valence electrons. The van der Waals surface area contributed by atoms with Crippen LogP contribution < -0.4 is 16.6 Å². The Kier molecular flexibility index (Phi) is 4.76. The topological polar surface area (TPSA) is 96.8 Å². The van der Waals surface area contributed by atoms with Crippen LogP contribution in [0.2, 0.25) is 5.02 Å². The lowest BCUT2D eigenvalue weighted by molar-refractivity contribution is 0.102. The normalized spacial score (nSPS) is 10.4. The maximum absolute atomic E-state index is 12.6. The van der Waals surface area contributed by atoms with Crippen LogP contribution in [0.25, 0.3) is 0 Å². The van der Waals surface area contributed by atoms with Gasteiger partial charge in [-0.2, -0.15) is 0 Å². The van der Waals surface area contributed by atoms with E-state index >= 15 is 0 Å². The minimum Gasteiger partial charge on any atom is -0.320 e. The molecule has 0 atom stereocenters. The van der Waals surface area contributed by atoms with E-state index in [0.717, 1.165) is 10.8 Å². The molecule has 3 rings (SSSR count). The van der Waals surface area contributed by atoms with E-state index in [-0.39, 0.29) is 12.1 Å². The molecule has 0 aliphatic carbocycles. The van der Waals surface area contributed by atoms with Gasteiger partial charge in [0.1, 0.15) is 5.56 Å². The third-order valence-electron chi connectivity index (χ3n) is 3.51. The number of anilines is 1. The highest BCUT2D eigenvalue weighted by Crippen LogP contribution is 2.15. The number of nitrogens with one attached hydrogen (secondary N) is 2. The first-order chi connectivity index (χ1) is 12.1. The van der Waals surface area contributed by atoms with Crippen LogP contribution >= 0.6 is 11.6 Å². The Morgan fingerprint density at radius 2 is 2.00 bits per heavy atom. The number of hydrogen-bond acceptors (Lipinski definition) is 4. The van der Waals surface area contributed by atoms with E-state index in [1.54, 1.807) is 42.6 Å². The summed E-state index contributed by atoms with van der Waals surface area (Å²) in [5.41, 5.74) is -0.472. The molecule has 0 unspecified atom stereocenters. The second-order valence-electron chi connectivity index (χ2n) is 5.19. The molecule has 0 aliphatic heterocycles. The van der Waals surface area contributed by atoms with Gasteiger partial charge in [0.2, 0.25) is 0 Å². The Bertz CT molecular complexity index is 1030. The van der Waals surface area contributed by atoms with E-state index < -0.39 is 17.2 Å². The molecule has 0 spiro atoms. The van der Waals surface area contributed by atoms with Crippen LogP contribution in [0.5, 0.6) is 0 Å². The van der Waals surface area contributed by atoms with Gasteiger partial charge in [-0.3, -0.25) is 19.1 Å². The zero-order chi connectivity index (χ0) is 17.8. The van der Waals surface area contributed by atoms with Crippen molar-refractivity contribution in [1.82, 2.24) is 14.5 Å². The van der Waals surface area contributed by atoms with Crippen molar-refractivity contribution >= 4 is 23.2 Å². The molecule has 1 amide bonds. The lowest BCUT2D eigenvalue weighted by Crippen LogP contribution is -2.39. The number of H-pyrrole nitrogens is 1. The summed E-state index contributed by atoms with van der Waals surface area (Å²) in [5.74, 6) is -0.637. The number of benzene rings is 1. The first kappa shape index (κ1) is 16.7. The summed E-state index contributed by atoms with van der Waals surface area (Å²) in [4.78, 5) is 43.2. The number of aromatic nitrogens is 3. The molecule has 7 nitrogen and oxygen atoms in total. The second-order valence-corrected chi connectivity index (χ2v) is 5.59. The van der Waals surface area contributed by atoms with Crippen LogP contribution in [0.3, 0.4) is 0 Å². The quantitative estimate of drug-likeness (QED) is 0.746. The first-order valence-electron chi connectivity index (χ1n) is 7.33. The van der Waals surface area contributed by atoms with Crippen molar-refractivity contribution in [1.29, 1.82) is 0 Å². The number of nitrogens with zero attached hydrogens (tertiary/aromatic N) is 2. The summed E-state index contributed by atoms with van der Waals surface area (Å²) < 4.78 is 0.930. The van der Waals surface area contributed by atoms with Crippen LogP contribution in [0.15, 0.2) is 64.6 Å². The number of hydrogen-bond donors (Lipinski definition) is 2. The maximum Gasteiger partial charge on any atom is 0.328 e. The second kappa shape index (κ2) is 7.14. The van der Waals surface area contributed by atoms with Crippen molar-refractivity contribution in [2.24, 2.45) is 0 Å². The van der Waals surface area contributed by atoms with Gasteiger partial charge in [-0.15, -0.1) is 0 Å². The number of carbonyl (C=O) groups excluding carboxylic acids is 1. The summed E-state index contributed by atoms with van der Waals surface area (Å²) in [6.07, 6.45) is 4.11. The third kappa shape index (κ3) is 3.67. The summed E-state index contributed by atoms with van der Waals surface area (Å²) in [6.45, 7) is -0.0398. The van der Waals surface area contributed by atoms with Crippen molar-refractivity contribution < 1.29 is 4.79 Å². The van der Waals surface area contributed by atoms with Crippen molar-refractivity contribution in [3.05, 3.63) is 92.0 Å². The summed E-state index contributed by atoms with van der Waals surface area (Å²) in [5, 5.41) is 2.99. The van der Waals surface area contributed by atoms with E-state index in [4.69, 9.17) is 11.6 Å². The highest BCUT2D eigenvalue weighted by atomic mass is 35.5. The molecule has 25 heavy (non-hydrogen) atoms. The Morgan fingerprint density at radius 3 is 2.72 bits per heavy atom. The monoisotopic (exact) mass is 356 g/mol. The van der Waals surface area contributed by atoms with Gasteiger partial charge in [0.05, 0.1) is 18.4 Å². The molecular weight excluding hydrogens is 344 g/mol. The fourth-order valence-corrected chi connectivity index (χ4v) is 2.45. The number of pyridine rings is 1. The molecule has 0 fully saturated rings. The molecule has 8 heteroatoms. The average Bonchev–Trinajstić information content (AvgIpc) is 2.61. The molecule has 2 aromatic heterocycles. The standard InChI is InChI=1S/C17H13ClN4O3/c18-14-6-2-1-4-11(14)10-22-16(24)13(9-20-17(22)25)15(23)21-12-5-3-7-19-8-12/h1-9H,10H2,(H,20,25)(H,21,23). The summed E-state index contributed by atoms with van der Waals surface area (Å²) >= 11 is 6.07. The Labute approximate surface area is 146 Å². The predicted octanol–water partition coefficient (Wildman–Crippen LogP) is 1.89. The van der Waals surface area contributed by atoms with Crippen LogP contribution in [-0.2, 0) is 6.54 Å². The van der Waals surface area contributed by atoms with Crippen molar-refractivity contribution in [2.45, 2.75) is 6.54 Å². The van der Waals surface area contributed by atoms with Crippen LogP contribution in [0.1, 0.15) is 15.9 Å². The minimum absolute atomic E-state index is 0.0398. The first-order valence-corrected chi connectivity index (χ1v) is 7.71. The number of amides is 1. The molecule has 0 aliphatic rings. The molecule has 2 heterocycles. The molecule has 0 bridgehead atoms. The summed E-state index contributed by atoms with van der Waals surface area (Å²) in [6, 6.07) is 10.2. The molecule has 1 aromatic carbocycles. The third-order valence-corrected chi connectivity index (χ3v) is 3.88. The van der Waals surface area contributed by atoms with Crippen LogP contribution in [-0.4, -0.2) is 20.4 Å². The highest BCUT2D eigenvalue weighted by molar-refractivity contribution is 6.31. The van der Waals surface area contributed by atoms with E-state index in [9.17, 15) is 14.4 Å². The van der Waals surface area contributed by atoms with Gasteiger partial charge in [0, 0.05) is 17.4 Å². The van der Waals surface area contributed by atoms with E-state index in [0.29, 0.717) is 16.3 Å². The Hall–Kier alpha value is -3.19. The number of rotatable bonds is 4. The van der Waals surface area contributed by atoms with Gasteiger partial charge in [-0.25, -0.2) is 4.79 Å². The SMILES string of the molecule is O=C(Nc1cccnc1)c1c[nH]c(=O)n(Cc2ccccc2Cl)c1=O. The maximum atomic E-state index is 12.6. The molecule has 3 aromatic rings. The largest absolute Gasteiger partial charge is 0.328 e. The van der Waals surface area contributed by atoms with Crippen molar-refractivity contribution in [3.63, 3.8) is 0 Å². The fourth-order valence-electron chi connectivity index (χ4n) is 2.25. The molecule has 2 N–H and O–H groups in total. The number of aromatic amines is 1. The van der Waals surface area contributed by atoms with Gasteiger partial charge in [-0.1, -0.05) is 29.8 Å². The van der Waals surface area contributed by atoms with Gasteiger partial charge < -0.3 is 10.3 Å². The molecule has 0 saturated carbocycles. The van der Waals surface area contributed by atoms with Gasteiger partial charge in [0.25, 0.3) is 11.5 Å². The van der Waals surface area contributed by atoms with Crippen molar-refractivity contribution in [2.75, 3.05) is 5.32 Å². The molecule has 0 saturated heterocycles. The zero-order valence-electron chi connectivity index (χ0n) is 12.9. The van der Waals surface area contributed by atoms with Crippen LogP contribution in [0, 0.1) is 0 Å². The zero-order valence-corrected chi connectivity index (χ0v) is 13.7. The van der Waals surface area contributed by atoms with Crippen molar-refractivity contribution in [3.8, 4) is 0 Å². The predicted molar refractivity (Wildman–Crippen MR) is 94.1 cm³/mol. The lowest BCUT2D eigenvalue weighted by atomic mass is 10.2. The van der Waals surface area contributed by atoms with Gasteiger partial charge in [0.15, 0.2) is 0 Å². The van der Waals surface area contributed by atoms with Gasteiger partial charge in [-0.05, 0) is 23.8 Å². The Morgan fingerprint density at radius 1 is 1.20 bits per heavy atom. The van der Waals surface area contributed by atoms with Crippen LogP contribution in [0.4, 0.5) is 5.69 Å². The lowest BCUT2D eigenvalue weighted by Gasteiger charge is -2.09. The van der Waals surface area contributed by atoms with E-state index in [1.807, 2.05) is 0 Å². The highest BCUT2D eigenvalue weighted by Gasteiger charge is 2.15. The molecular formula is C17H13ClN4O3. The fraction of sp³-hybridized carbons (Fsp3) is 0.0588. The van der Waals surface area contributed by atoms with E-state index in [1.165, 1.54) is 6.20 Å². The minimum atomic E-state index is -0.704. The number of carbonyl (C=O) groups is 1. The van der Waals surface area contributed by atoms with E-state index in [2.05, 4.69) is 15.3 Å². The average molecular weight is 357 g/mol. The number of halogens is 1. The molecule has 0 radical (unpaired) electrons. The summed E-state index contributed by atoms with van der Waals surface area (Å²) in [7, 11) is 0. The van der Waals surface area contributed by atoms with Gasteiger partial charge >= 0.3 is 5.69 Å². The Balaban J connectivity index is 1.95. The smallest absolute Gasteiger partial charge is 0.320 e.